The zero-order chi connectivity index (χ0) is 10.9. The van der Waals surface area contributed by atoms with E-state index in [9.17, 15) is 5.11 Å². The summed E-state index contributed by atoms with van der Waals surface area (Å²) in [6.45, 7) is 2.05. The maximum absolute atomic E-state index is 10.7. The minimum atomic E-state index is -0.804. The van der Waals surface area contributed by atoms with E-state index in [1.54, 1.807) is 30.2 Å². The van der Waals surface area contributed by atoms with Crippen LogP contribution in [-0.2, 0) is 5.60 Å². The predicted octanol–water partition coefficient (Wildman–Crippen LogP) is 1.77. The Morgan fingerprint density at radius 3 is 3.13 bits per heavy atom. The van der Waals surface area contributed by atoms with Crippen molar-refractivity contribution in [3.05, 3.63) is 24.0 Å². The Balaban J connectivity index is 2.39. The van der Waals surface area contributed by atoms with Crippen LogP contribution in [0.5, 0.6) is 0 Å². The van der Waals surface area contributed by atoms with E-state index < -0.39 is 5.60 Å². The highest BCUT2D eigenvalue weighted by atomic mass is 32.2. The highest BCUT2D eigenvalue weighted by Crippen LogP contribution is 2.42. The number of anilines is 1. The molecule has 0 spiro atoms. The molecule has 0 amide bonds. The maximum atomic E-state index is 10.7. The molecule has 2 atom stereocenters. The van der Waals surface area contributed by atoms with Crippen LogP contribution in [0.2, 0.25) is 0 Å². The van der Waals surface area contributed by atoms with Gasteiger partial charge < -0.3 is 10.8 Å². The van der Waals surface area contributed by atoms with Crippen molar-refractivity contribution in [2.45, 2.75) is 30.6 Å². The minimum Gasteiger partial charge on any atom is -0.398 e. The second-order valence-electron chi connectivity index (χ2n) is 4.00. The van der Waals surface area contributed by atoms with Crippen LogP contribution in [0.25, 0.3) is 0 Å². The molecule has 1 aromatic heterocycles. The van der Waals surface area contributed by atoms with Gasteiger partial charge in [-0.2, -0.15) is 11.8 Å². The second-order valence-corrected chi connectivity index (χ2v) is 5.45. The fraction of sp³-hybridized carbons (Fsp3) is 0.545. The van der Waals surface area contributed by atoms with Gasteiger partial charge in [-0.05, 0) is 24.7 Å². The molecule has 2 heterocycles. The fourth-order valence-electron chi connectivity index (χ4n) is 2.06. The number of thioether (sulfide) groups is 1. The molecule has 3 N–H and O–H groups in total. The molecular formula is C11H16N2OS. The van der Waals surface area contributed by atoms with Gasteiger partial charge in [0.25, 0.3) is 0 Å². The summed E-state index contributed by atoms with van der Waals surface area (Å²) in [4.78, 5) is 4.05. The number of hydrogen-bond donors (Lipinski definition) is 2. The minimum absolute atomic E-state index is 0.178. The molecule has 0 aromatic carbocycles. The topological polar surface area (TPSA) is 59.1 Å². The van der Waals surface area contributed by atoms with Crippen molar-refractivity contribution in [3.8, 4) is 0 Å². The molecule has 1 saturated heterocycles. The molecule has 0 radical (unpaired) electrons. The number of hydrogen-bond acceptors (Lipinski definition) is 4. The molecule has 4 heteroatoms. The molecule has 1 fully saturated rings. The van der Waals surface area contributed by atoms with Crippen molar-refractivity contribution < 1.29 is 5.11 Å². The highest BCUT2D eigenvalue weighted by molar-refractivity contribution is 8.00. The molecule has 0 aliphatic carbocycles. The molecule has 3 nitrogen and oxygen atoms in total. The summed E-state index contributed by atoms with van der Waals surface area (Å²) in [5, 5.41) is 10.8. The molecular weight excluding hydrogens is 208 g/mol. The van der Waals surface area contributed by atoms with Crippen molar-refractivity contribution in [1.29, 1.82) is 0 Å². The molecule has 0 bridgehead atoms. The third-order valence-electron chi connectivity index (χ3n) is 3.06. The Labute approximate surface area is 94.1 Å². The zero-order valence-electron chi connectivity index (χ0n) is 8.81. The SMILES string of the molecule is CC1SCCCC1(O)c1cnccc1N. The van der Waals surface area contributed by atoms with Gasteiger partial charge >= 0.3 is 0 Å². The number of rotatable bonds is 1. The lowest BCUT2D eigenvalue weighted by Gasteiger charge is -2.38. The number of aliphatic hydroxyl groups is 1. The molecule has 0 saturated carbocycles. The number of pyridine rings is 1. The summed E-state index contributed by atoms with van der Waals surface area (Å²) in [5.74, 6) is 1.11. The van der Waals surface area contributed by atoms with Crippen LogP contribution in [0.15, 0.2) is 18.5 Å². The van der Waals surface area contributed by atoms with E-state index in [2.05, 4.69) is 11.9 Å². The highest BCUT2D eigenvalue weighted by Gasteiger charge is 2.39. The van der Waals surface area contributed by atoms with Gasteiger partial charge in [-0.3, -0.25) is 4.98 Å². The van der Waals surface area contributed by atoms with Crippen LogP contribution in [0.1, 0.15) is 25.3 Å². The summed E-state index contributed by atoms with van der Waals surface area (Å²) in [7, 11) is 0. The van der Waals surface area contributed by atoms with Crippen LogP contribution in [-0.4, -0.2) is 21.1 Å². The van der Waals surface area contributed by atoms with E-state index in [1.165, 1.54) is 0 Å². The Hall–Kier alpha value is -0.740. The lowest BCUT2D eigenvalue weighted by Crippen LogP contribution is -2.39. The summed E-state index contributed by atoms with van der Waals surface area (Å²) >= 11 is 1.80. The van der Waals surface area contributed by atoms with Gasteiger partial charge in [0.05, 0.1) is 0 Å². The zero-order valence-corrected chi connectivity index (χ0v) is 9.63. The number of nitrogen functional groups attached to an aromatic ring is 1. The quantitative estimate of drug-likeness (QED) is 0.763. The van der Waals surface area contributed by atoms with Gasteiger partial charge in [0, 0.05) is 28.9 Å². The van der Waals surface area contributed by atoms with Crippen molar-refractivity contribution in [1.82, 2.24) is 4.98 Å². The monoisotopic (exact) mass is 224 g/mol. The van der Waals surface area contributed by atoms with E-state index in [1.807, 2.05) is 0 Å². The largest absolute Gasteiger partial charge is 0.398 e. The molecule has 1 aliphatic heterocycles. The Morgan fingerprint density at radius 2 is 2.47 bits per heavy atom. The number of nitrogens with zero attached hydrogens (tertiary/aromatic N) is 1. The van der Waals surface area contributed by atoms with E-state index in [4.69, 9.17) is 5.73 Å². The lowest BCUT2D eigenvalue weighted by molar-refractivity contribution is 0.0258. The van der Waals surface area contributed by atoms with E-state index in [-0.39, 0.29) is 5.25 Å². The summed E-state index contributed by atoms with van der Waals surface area (Å²) in [6, 6.07) is 1.75. The third-order valence-corrected chi connectivity index (χ3v) is 4.48. The first-order chi connectivity index (χ1) is 7.14. The van der Waals surface area contributed by atoms with Gasteiger partial charge in [0.15, 0.2) is 0 Å². The summed E-state index contributed by atoms with van der Waals surface area (Å²) in [6.07, 6.45) is 5.15. The molecule has 2 rings (SSSR count). The Kier molecular flexibility index (Phi) is 2.89. The van der Waals surface area contributed by atoms with Crippen LogP contribution in [0.3, 0.4) is 0 Å². The van der Waals surface area contributed by atoms with Crippen LogP contribution in [0.4, 0.5) is 5.69 Å². The number of nitrogens with two attached hydrogens (primary N) is 1. The molecule has 15 heavy (non-hydrogen) atoms. The Bertz CT molecular complexity index is 358. The smallest absolute Gasteiger partial charge is 0.105 e. The average Bonchev–Trinajstić information content (AvgIpc) is 2.23. The van der Waals surface area contributed by atoms with Crippen LogP contribution in [0, 0.1) is 0 Å². The van der Waals surface area contributed by atoms with Crippen molar-refractivity contribution in [2.75, 3.05) is 11.5 Å². The van der Waals surface area contributed by atoms with Gasteiger partial charge in [-0.15, -0.1) is 0 Å². The Morgan fingerprint density at radius 1 is 1.67 bits per heavy atom. The van der Waals surface area contributed by atoms with Crippen molar-refractivity contribution >= 4 is 17.4 Å². The first-order valence-electron chi connectivity index (χ1n) is 5.18. The average molecular weight is 224 g/mol. The normalized spacial score (nSPS) is 31.5. The third kappa shape index (κ3) is 1.84. The van der Waals surface area contributed by atoms with Gasteiger partial charge in [-0.25, -0.2) is 0 Å². The summed E-state index contributed by atoms with van der Waals surface area (Å²) in [5.41, 5.74) is 6.51. The van der Waals surface area contributed by atoms with Crippen LogP contribution < -0.4 is 5.73 Å². The van der Waals surface area contributed by atoms with E-state index in [0.29, 0.717) is 5.69 Å². The summed E-state index contributed by atoms with van der Waals surface area (Å²) < 4.78 is 0. The van der Waals surface area contributed by atoms with Gasteiger partial charge in [0.2, 0.25) is 0 Å². The molecule has 1 aliphatic rings. The number of aromatic nitrogens is 1. The van der Waals surface area contributed by atoms with Crippen molar-refractivity contribution in [2.24, 2.45) is 0 Å². The van der Waals surface area contributed by atoms with Crippen molar-refractivity contribution in [3.63, 3.8) is 0 Å². The van der Waals surface area contributed by atoms with Crippen LogP contribution >= 0.6 is 11.8 Å². The molecule has 82 valence electrons. The van der Waals surface area contributed by atoms with E-state index >= 15 is 0 Å². The lowest BCUT2D eigenvalue weighted by atomic mass is 9.86. The maximum Gasteiger partial charge on any atom is 0.105 e. The van der Waals surface area contributed by atoms with Gasteiger partial charge in [-0.1, -0.05) is 6.92 Å². The standard InChI is InChI=1S/C11H16N2OS/c1-8-11(14,4-2-6-15-8)9-7-13-5-3-10(9)12/h3,5,7-8,14H,2,4,6H2,1H3,(H2,12,13). The fourth-order valence-corrected chi connectivity index (χ4v) is 3.25. The molecule has 1 aromatic rings. The molecule has 2 unspecified atom stereocenters. The first-order valence-corrected chi connectivity index (χ1v) is 6.23. The van der Waals surface area contributed by atoms with Gasteiger partial charge in [0.1, 0.15) is 5.60 Å². The van der Waals surface area contributed by atoms with E-state index in [0.717, 1.165) is 24.2 Å². The predicted molar refractivity (Wildman–Crippen MR) is 63.7 cm³/mol. The first kappa shape index (κ1) is 10.8. The second kappa shape index (κ2) is 4.02.